The molecule has 1 N–H and O–H groups in total. The van der Waals surface area contributed by atoms with Crippen LogP contribution in [-0.4, -0.2) is 44.3 Å². The lowest BCUT2D eigenvalue weighted by molar-refractivity contribution is 0.0421. The minimum atomic E-state index is -4.09. The summed E-state index contributed by atoms with van der Waals surface area (Å²) in [5.74, 6) is -2.38. The zero-order valence-electron chi connectivity index (χ0n) is 17.0. The smallest absolute Gasteiger partial charge is 0.340 e. The number of hydrogen-bond acceptors (Lipinski definition) is 6. The van der Waals surface area contributed by atoms with Gasteiger partial charge in [-0.25, -0.2) is 17.6 Å². The van der Waals surface area contributed by atoms with E-state index in [1.54, 1.807) is 24.3 Å². The summed E-state index contributed by atoms with van der Waals surface area (Å²) < 4.78 is 45.8. The van der Waals surface area contributed by atoms with Crippen LogP contribution in [0.25, 0.3) is 0 Å². The average Bonchev–Trinajstić information content (AvgIpc) is 3.04. The van der Waals surface area contributed by atoms with Crippen molar-refractivity contribution in [2.45, 2.75) is 4.90 Å². The van der Waals surface area contributed by atoms with Crippen LogP contribution in [-0.2, 0) is 14.8 Å². The van der Waals surface area contributed by atoms with Crippen LogP contribution in [0.5, 0.6) is 0 Å². The Morgan fingerprint density at radius 1 is 0.879 bits per heavy atom. The topological polar surface area (TPSA) is 110 Å². The molecule has 4 rings (SSSR count). The zero-order chi connectivity index (χ0) is 23.6. The van der Waals surface area contributed by atoms with Gasteiger partial charge >= 0.3 is 5.97 Å². The molecule has 0 aromatic heterocycles. The van der Waals surface area contributed by atoms with Crippen molar-refractivity contribution in [3.8, 4) is 0 Å². The van der Waals surface area contributed by atoms with Gasteiger partial charge in [-0.05, 0) is 48.5 Å². The number of nitrogens with one attached hydrogen (secondary N) is 1. The largest absolute Gasteiger partial charge is 0.460 e. The third kappa shape index (κ3) is 4.46. The molecule has 0 aliphatic carbocycles. The molecular weight excluding hydrogens is 451 g/mol. The molecule has 0 bridgehead atoms. The summed E-state index contributed by atoms with van der Waals surface area (Å²) >= 11 is 0. The summed E-state index contributed by atoms with van der Waals surface area (Å²) in [5, 5.41) is 0. The highest BCUT2D eigenvalue weighted by molar-refractivity contribution is 7.92. The third-order valence-corrected chi connectivity index (χ3v) is 6.32. The number of esters is 1. The fourth-order valence-electron chi connectivity index (χ4n) is 3.32. The van der Waals surface area contributed by atoms with Gasteiger partial charge in [-0.1, -0.05) is 24.3 Å². The van der Waals surface area contributed by atoms with Gasteiger partial charge in [0.15, 0.2) is 0 Å². The van der Waals surface area contributed by atoms with Crippen molar-refractivity contribution in [1.29, 1.82) is 0 Å². The number of anilines is 1. The number of fused-ring (bicyclic) bond motifs is 1. The van der Waals surface area contributed by atoms with Crippen molar-refractivity contribution in [2.24, 2.45) is 0 Å². The van der Waals surface area contributed by atoms with Gasteiger partial charge < -0.3 is 4.74 Å². The fourth-order valence-corrected chi connectivity index (χ4v) is 4.40. The lowest BCUT2D eigenvalue weighted by atomic mass is 10.1. The standard InChI is InChI=1S/C23H17FN2O6S/c24-15-9-11-16(12-10-15)33(30,31)25-20-8-4-3-7-19(20)23(29)32-14-13-26-21(27)17-5-1-2-6-18(17)22(26)28/h1-12,25H,13-14H2. The van der Waals surface area contributed by atoms with Crippen molar-refractivity contribution in [1.82, 2.24) is 4.90 Å². The summed E-state index contributed by atoms with van der Waals surface area (Å²) in [6, 6.07) is 16.4. The summed E-state index contributed by atoms with van der Waals surface area (Å²) in [6.07, 6.45) is 0. The van der Waals surface area contributed by atoms with Gasteiger partial charge in [-0.15, -0.1) is 0 Å². The first kappa shape index (κ1) is 22.2. The zero-order valence-corrected chi connectivity index (χ0v) is 17.8. The molecule has 0 saturated carbocycles. The maximum Gasteiger partial charge on any atom is 0.340 e. The molecule has 168 valence electrons. The van der Waals surface area contributed by atoms with Crippen molar-refractivity contribution < 1.29 is 31.9 Å². The Labute approximate surface area is 188 Å². The van der Waals surface area contributed by atoms with Crippen LogP contribution in [0, 0.1) is 5.82 Å². The lowest BCUT2D eigenvalue weighted by Gasteiger charge is -2.15. The molecule has 2 amide bonds. The molecule has 3 aromatic carbocycles. The second-order valence-corrected chi connectivity index (χ2v) is 8.73. The van der Waals surface area contributed by atoms with E-state index in [9.17, 15) is 27.2 Å². The van der Waals surface area contributed by atoms with E-state index >= 15 is 0 Å². The van der Waals surface area contributed by atoms with Crippen LogP contribution in [0.1, 0.15) is 31.1 Å². The first-order valence-electron chi connectivity index (χ1n) is 9.78. The van der Waals surface area contributed by atoms with Crippen LogP contribution in [0.3, 0.4) is 0 Å². The summed E-state index contributed by atoms with van der Waals surface area (Å²) in [4.78, 5) is 38.2. The quantitative estimate of drug-likeness (QED) is 0.422. The predicted octanol–water partition coefficient (Wildman–Crippen LogP) is 3.08. The van der Waals surface area contributed by atoms with Crippen molar-refractivity contribution in [2.75, 3.05) is 17.9 Å². The van der Waals surface area contributed by atoms with Gasteiger partial charge in [0.25, 0.3) is 21.8 Å². The monoisotopic (exact) mass is 468 g/mol. The number of rotatable bonds is 7. The molecule has 33 heavy (non-hydrogen) atoms. The Morgan fingerprint density at radius 3 is 2.09 bits per heavy atom. The molecule has 8 nitrogen and oxygen atoms in total. The molecule has 0 fully saturated rings. The molecular formula is C23H17FN2O6S. The van der Waals surface area contributed by atoms with E-state index in [0.29, 0.717) is 0 Å². The van der Waals surface area contributed by atoms with E-state index in [1.165, 1.54) is 24.3 Å². The summed E-state index contributed by atoms with van der Waals surface area (Å²) in [5.41, 5.74) is 0.474. The summed E-state index contributed by atoms with van der Waals surface area (Å²) in [6.45, 7) is -0.426. The van der Waals surface area contributed by atoms with Gasteiger partial charge in [0.2, 0.25) is 0 Å². The number of carbonyl (C=O) groups is 3. The molecule has 0 atom stereocenters. The molecule has 0 radical (unpaired) electrons. The number of hydrogen-bond donors (Lipinski definition) is 1. The lowest BCUT2D eigenvalue weighted by Crippen LogP contribution is -2.33. The maximum absolute atomic E-state index is 13.1. The van der Waals surface area contributed by atoms with Crippen molar-refractivity contribution >= 4 is 33.5 Å². The van der Waals surface area contributed by atoms with Crippen LogP contribution in [0.2, 0.25) is 0 Å². The fraction of sp³-hybridized carbons (Fsp3) is 0.0870. The van der Waals surface area contributed by atoms with Crippen LogP contribution < -0.4 is 4.72 Å². The highest BCUT2D eigenvalue weighted by atomic mass is 32.2. The normalized spacial score (nSPS) is 13.1. The van der Waals surface area contributed by atoms with E-state index in [2.05, 4.69) is 4.72 Å². The molecule has 0 unspecified atom stereocenters. The number of para-hydroxylation sites is 1. The Morgan fingerprint density at radius 2 is 1.45 bits per heavy atom. The van der Waals surface area contributed by atoms with Crippen LogP contribution in [0.15, 0.2) is 77.7 Å². The SMILES string of the molecule is O=C(OCCN1C(=O)c2ccccc2C1=O)c1ccccc1NS(=O)(=O)c1ccc(F)cc1. The Bertz CT molecular complexity index is 1320. The Hall–Kier alpha value is -4.05. The number of ether oxygens (including phenoxy) is 1. The first-order valence-corrected chi connectivity index (χ1v) is 11.3. The van der Waals surface area contributed by atoms with E-state index in [1.807, 2.05) is 0 Å². The molecule has 1 aliphatic heterocycles. The van der Waals surface area contributed by atoms with E-state index in [4.69, 9.17) is 4.74 Å². The second kappa shape index (κ2) is 8.83. The number of nitrogens with zero attached hydrogens (tertiary/aromatic N) is 1. The van der Waals surface area contributed by atoms with Gasteiger partial charge in [0.05, 0.1) is 33.8 Å². The van der Waals surface area contributed by atoms with Crippen LogP contribution in [0.4, 0.5) is 10.1 Å². The number of imide groups is 1. The molecule has 1 aliphatic rings. The molecule has 1 heterocycles. The van der Waals surface area contributed by atoms with Gasteiger partial charge in [-0.3, -0.25) is 19.2 Å². The number of benzene rings is 3. The minimum absolute atomic E-state index is 0.0347. The Balaban J connectivity index is 1.43. The molecule has 10 heteroatoms. The van der Waals surface area contributed by atoms with E-state index < -0.39 is 33.6 Å². The maximum atomic E-state index is 13.1. The van der Waals surface area contributed by atoms with Crippen LogP contribution >= 0.6 is 0 Å². The van der Waals surface area contributed by atoms with E-state index in [-0.39, 0.29) is 40.4 Å². The predicted molar refractivity (Wildman–Crippen MR) is 116 cm³/mol. The second-order valence-electron chi connectivity index (χ2n) is 7.05. The third-order valence-electron chi connectivity index (χ3n) is 4.94. The first-order chi connectivity index (χ1) is 15.8. The van der Waals surface area contributed by atoms with Gasteiger partial charge in [0, 0.05) is 0 Å². The number of amides is 2. The van der Waals surface area contributed by atoms with Gasteiger partial charge in [-0.2, -0.15) is 0 Å². The number of halogens is 1. The summed E-state index contributed by atoms with van der Waals surface area (Å²) in [7, 11) is -4.09. The van der Waals surface area contributed by atoms with Gasteiger partial charge in [0.1, 0.15) is 12.4 Å². The van der Waals surface area contributed by atoms with Crippen molar-refractivity contribution in [3.63, 3.8) is 0 Å². The molecule has 0 saturated heterocycles. The number of sulfonamides is 1. The van der Waals surface area contributed by atoms with E-state index in [0.717, 1.165) is 29.2 Å². The highest BCUT2D eigenvalue weighted by Gasteiger charge is 2.35. The van der Waals surface area contributed by atoms with Crippen molar-refractivity contribution in [3.05, 3.63) is 95.3 Å². The molecule has 3 aromatic rings. The Kier molecular flexibility index (Phi) is 5.93. The highest BCUT2D eigenvalue weighted by Crippen LogP contribution is 2.23. The minimum Gasteiger partial charge on any atom is -0.460 e. The molecule has 0 spiro atoms. The number of carbonyl (C=O) groups excluding carboxylic acids is 3. The average molecular weight is 468 g/mol.